The Balaban J connectivity index is 4.90. The largest absolute Gasteiger partial charge is 0.465 e. The molecule has 0 heterocycles. The van der Waals surface area contributed by atoms with Crippen LogP contribution >= 0.6 is 0 Å². The minimum Gasteiger partial charge on any atom is -0.465 e. The number of hydrogen-bond acceptors (Lipinski definition) is 5. The van der Waals surface area contributed by atoms with Crippen LogP contribution in [0.4, 0.5) is 19.2 Å². The van der Waals surface area contributed by atoms with E-state index in [0.29, 0.717) is 0 Å². The number of imide groups is 1. The monoisotopic (exact) mass is 337 g/mol. The Hall–Kier alpha value is -2.76. The van der Waals surface area contributed by atoms with Gasteiger partial charge < -0.3 is 35.3 Å². The summed E-state index contributed by atoms with van der Waals surface area (Å²) in [6.07, 6.45) is -6.30. The van der Waals surface area contributed by atoms with E-state index >= 15 is 0 Å². The zero-order valence-electron chi connectivity index (χ0n) is 12.3. The molecule has 0 aromatic rings. The number of hydrogen-bond donors (Lipinski definition) is 5. The molecule has 1 atom stereocenters. The molecule has 0 rings (SSSR count). The Labute approximate surface area is 130 Å². The molecule has 5 N–H and O–H groups in total. The molecule has 12 nitrogen and oxygen atoms in total. The van der Waals surface area contributed by atoms with Crippen LogP contribution in [-0.4, -0.2) is 103 Å². The smallest absolute Gasteiger partial charge is 0.416 e. The van der Waals surface area contributed by atoms with Gasteiger partial charge >= 0.3 is 24.4 Å². The van der Waals surface area contributed by atoms with Crippen LogP contribution in [0, 0.1) is 0 Å². The number of carbonyl (C=O) groups is 4. The van der Waals surface area contributed by atoms with E-state index in [2.05, 4.69) is 0 Å². The zero-order chi connectivity index (χ0) is 18.2. The molecule has 23 heavy (non-hydrogen) atoms. The standard InChI is InChI=1S/C11H19N3O9/c1-7(6-14(10(20)21)11(22)23)13(9(18)19)3-2-12(4-5-15)8(16)17/h7,15H,2-6H2,1H3,(H,16,17)(H,18,19)(H,20,21)(H,22,23). The van der Waals surface area contributed by atoms with Gasteiger partial charge in [-0.2, -0.15) is 0 Å². The first kappa shape index (κ1) is 20.2. The lowest BCUT2D eigenvalue weighted by molar-refractivity contribution is 0.0866. The summed E-state index contributed by atoms with van der Waals surface area (Å²) in [6, 6.07) is -1.02. The molecule has 0 saturated carbocycles. The third-order valence-electron chi connectivity index (χ3n) is 2.94. The Morgan fingerprint density at radius 2 is 1.35 bits per heavy atom. The maximum atomic E-state index is 11.2. The topological polar surface area (TPSA) is 179 Å². The molecule has 0 spiro atoms. The third-order valence-corrected chi connectivity index (χ3v) is 2.94. The molecular weight excluding hydrogens is 318 g/mol. The van der Waals surface area contributed by atoms with Gasteiger partial charge in [0.15, 0.2) is 0 Å². The van der Waals surface area contributed by atoms with Gasteiger partial charge in [-0.15, -0.1) is 0 Å². The van der Waals surface area contributed by atoms with Crippen molar-refractivity contribution in [2.75, 3.05) is 32.8 Å². The lowest BCUT2D eigenvalue weighted by Crippen LogP contribution is -2.50. The summed E-state index contributed by atoms with van der Waals surface area (Å²) >= 11 is 0. The highest BCUT2D eigenvalue weighted by molar-refractivity contribution is 5.85. The van der Waals surface area contributed by atoms with E-state index in [1.165, 1.54) is 6.92 Å². The van der Waals surface area contributed by atoms with Gasteiger partial charge in [0.25, 0.3) is 0 Å². The summed E-state index contributed by atoms with van der Waals surface area (Å²) in [5.41, 5.74) is 0. The normalized spacial score (nSPS) is 11.4. The van der Waals surface area contributed by atoms with Gasteiger partial charge in [0, 0.05) is 19.6 Å². The fraction of sp³-hybridized carbons (Fsp3) is 0.636. The summed E-state index contributed by atoms with van der Waals surface area (Å²) in [5, 5.41) is 44.2. The summed E-state index contributed by atoms with van der Waals surface area (Å²) in [5.74, 6) is 0. The Morgan fingerprint density at radius 1 is 0.826 bits per heavy atom. The van der Waals surface area contributed by atoms with E-state index in [-0.39, 0.29) is 24.5 Å². The molecule has 132 valence electrons. The molecule has 0 aliphatic heterocycles. The molecule has 0 aromatic carbocycles. The summed E-state index contributed by atoms with van der Waals surface area (Å²) < 4.78 is 0. The van der Waals surface area contributed by atoms with Gasteiger partial charge in [-0.1, -0.05) is 0 Å². The summed E-state index contributed by atoms with van der Waals surface area (Å²) in [7, 11) is 0. The Kier molecular flexibility index (Phi) is 8.18. The van der Waals surface area contributed by atoms with Crippen molar-refractivity contribution in [1.82, 2.24) is 14.7 Å². The van der Waals surface area contributed by atoms with Crippen LogP contribution in [0.15, 0.2) is 0 Å². The van der Waals surface area contributed by atoms with Gasteiger partial charge in [-0.05, 0) is 6.92 Å². The van der Waals surface area contributed by atoms with Crippen molar-refractivity contribution >= 4 is 24.4 Å². The molecule has 0 aliphatic rings. The quantitative estimate of drug-likeness (QED) is 0.407. The molecule has 0 fully saturated rings. The van der Waals surface area contributed by atoms with E-state index in [9.17, 15) is 19.2 Å². The summed E-state index contributed by atoms with van der Waals surface area (Å²) in [4.78, 5) is 45.2. The highest BCUT2D eigenvalue weighted by Gasteiger charge is 2.28. The van der Waals surface area contributed by atoms with Crippen LogP contribution in [0.25, 0.3) is 0 Å². The molecule has 0 aromatic heterocycles. The fourth-order valence-electron chi connectivity index (χ4n) is 1.76. The first-order chi connectivity index (χ1) is 10.6. The van der Waals surface area contributed by atoms with E-state index < -0.39 is 43.6 Å². The van der Waals surface area contributed by atoms with Crippen LogP contribution in [-0.2, 0) is 0 Å². The van der Waals surface area contributed by atoms with Crippen LogP contribution in [0.3, 0.4) is 0 Å². The number of aliphatic hydroxyl groups excluding tert-OH is 1. The summed E-state index contributed by atoms with van der Waals surface area (Å²) in [6.45, 7) is -0.551. The maximum absolute atomic E-state index is 11.2. The van der Waals surface area contributed by atoms with Crippen LogP contribution in [0.5, 0.6) is 0 Å². The zero-order valence-corrected chi connectivity index (χ0v) is 12.3. The van der Waals surface area contributed by atoms with Gasteiger partial charge in [0.05, 0.1) is 19.2 Å². The lowest BCUT2D eigenvalue weighted by Gasteiger charge is -2.30. The maximum Gasteiger partial charge on any atom is 0.416 e. The molecular formula is C11H19N3O9. The SMILES string of the molecule is CC(CN(C(=O)O)C(=O)O)N(CCN(CCO)C(=O)O)C(=O)O. The van der Waals surface area contributed by atoms with Crippen molar-refractivity contribution in [2.24, 2.45) is 0 Å². The predicted molar refractivity (Wildman–Crippen MR) is 73.6 cm³/mol. The molecule has 0 saturated heterocycles. The fourth-order valence-corrected chi connectivity index (χ4v) is 1.76. The highest BCUT2D eigenvalue weighted by atomic mass is 16.4. The molecule has 4 amide bonds. The Morgan fingerprint density at radius 3 is 1.70 bits per heavy atom. The van der Waals surface area contributed by atoms with E-state index in [4.69, 9.17) is 25.5 Å². The first-order valence-electron chi connectivity index (χ1n) is 6.43. The third kappa shape index (κ3) is 6.69. The van der Waals surface area contributed by atoms with Crippen LogP contribution in [0.1, 0.15) is 6.92 Å². The number of carboxylic acid groups (broad SMARTS) is 4. The first-order valence-corrected chi connectivity index (χ1v) is 6.43. The number of nitrogens with zero attached hydrogens (tertiary/aromatic N) is 3. The molecule has 0 bridgehead atoms. The van der Waals surface area contributed by atoms with Crippen LogP contribution < -0.4 is 0 Å². The van der Waals surface area contributed by atoms with Crippen molar-refractivity contribution in [3.8, 4) is 0 Å². The minimum atomic E-state index is -1.75. The average molecular weight is 337 g/mol. The van der Waals surface area contributed by atoms with Crippen molar-refractivity contribution < 1.29 is 44.7 Å². The van der Waals surface area contributed by atoms with Gasteiger partial charge in [-0.25, -0.2) is 24.1 Å². The lowest BCUT2D eigenvalue weighted by atomic mass is 10.2. The predicted octanol–water partition coefficient (Wildman–Crippen LogP) is -0.0148. The molecule has 12 heteroatoms. The second kappa shape index (κ2) is 9.30. The van der Waals surface area contributed by atoms with Crippen LogP contribution in [0.2, 0.25) is 0 Å². The molecule has 1 unspecified atom stereocenters. The van der Waals surface area contributed by atoms with Crippen molar-refractivity contribution in [3.63, 3.8) is 0 Å². The van der Waals surface area contributed by atoms with Gasteiger partial charge in [0.2, 0.25) is 0 Å². The number of amides is 4. The highest BCUT2D eigenvalue weighted by Crippen LogP contribution is 2.05. The van der Waals surface area contributed by atoms with E-state index in [1.807, 2.05) is 0 Å². The second-order valence-corrected chi connectivity index (χ2v) is 4.49. The van der Waals surface area contributed by atoms with Gasteiger partial charge in [0.1, 0.15) is 0 Å². The molecule has 0 radical (unpaired) electrons. The second-order valence-electron chi connectivity index (χ2n) is 4.49. The van der Waals surface area contributed by atoms with Crippen molar-refractivity contribution in [3.05, 3.63) is 0 Å². The Bertz CT molecular complexity index is 442. The van der Waals surface area contributed by atoms with Crippen molar-refractivity contribution in [1.29, 1.82) is 0 Å². The van der Waals surface area contributed by atoms with Gasteiger partial charge in [-0.3, -0.25) is 0 Å². The minimum absolute atomic E-state index is 0.0310. The average Bonchev–Trinajstić information content (AvgIpc) is 2.42. The van der Waals surface area contributed by atoms with Crippen molar-refractivity contribution in [2.45, 2.75) is 13.0 Å². The number of rotatable bonds is 8. The van der Waals surface area contributed by atoms with E-state index in [1.54, 1.807) is 0 Å². The van der Waals surface area contributed by atoms with E-state index in [0.717, 1.165) is 9.80 Å². The number of aliphatic hydroxyl groups is 1. The molecule has 0 aliphatic carbocycles.